The topological polar surface area (TPSA) is 94.9 Å². The Hall–Kier alpha value is -2.75. The summed E-state index contributed by atoms with van der Waals surface area (Å²) in [5.74, 6) is 0.309. The van der Waals surface area contributed by atoms with E-state index in [-0.39, 0.29) is 42.7 Å². The molecule has 1 aromatic rings. The second kappa shape index (κ2) is 10.0. The van der Waals surface area contributed by atoms with Crippen LogP contribution in [0.5, 0.6) is 11.5 Å². The number of hydrogen-bond donors (Lipinski definition) is 0. The molecule has 0 N–H and O–H groups in total. The molecule has 0 saturated heterocycles. The fraction of sp³-hybridized carbons (Fsp3) is 0.625. The van der Waals surface area contributed by atoms with Crippen molar-refractivity contribution < 1.29 is 28.5 Å². The second-order valence-electron chi connectivity index (χ2n) is 8.57. The van der Waals surface area contributed by atoms with Crippen molar-refractivity contribution in [1.82, 2.24) is 0 Å². The first kappa shape index (κ1) is 22.9. The van der Waals surface area contributed by atoms with E-state index in [0.29, 0.717) is 24.3 Å². The zero-order valence-corrected chi connectivity index (χ0v) is 18.5. The molecule has 2 atom stereocenters. The Morgan fingerprint density at radius 2 is 1.58 bits per heavy atom. The first-order valence-corrected chi connectivity index (χ1v) is 10.8. The molecule has 2 saturated carbocycles. The summed E-state index contributed by atoms with van der Waals surface area (Å²) in [5, 5.41) is 10.2. The Morgan fingerprint density at radius 3 is 2.06 bits per heavy atom. The maximum absolute atomic E-state index is 12.0. The molecule has 2 aliphatic rings. The van der Waals surface area contributed by atoms with E-state index in [4.69, 9.17) is 18.9 Å². The monoisotopic (exact) mass is 429 g/mol. The minimum absolute atomic E-state index is 0.146. The molecular formula is C24H31NO6. The third-order valence-corrected chi connectivity index (χ3v) is 6.73. The van der Waals surface area contributed by atoms with Gasteiger partial charge in [-0.2, -0.15) is 5.26 Å². The van der Waals surface area contributed by atoms with Crippen LogP contribution in [-0.4, -0.2) is 39.4 Å². The summed E-state index contributed by atoms with van der Waals surface area (Å²) in [6.45, 7) is 0. The molecule has 0 bridgehead atoms. The number of ether oxygens (including phenoxy) is 4. The smallest absolute Gasteiger partial charge is 0.305 e. The Morgan fingerprint density at radius 1 is 1.00 bits per heavy atom. The second-order valence-corrected chi connectivity index (χ2v) is 8.57. The quantitative estimate of drug-likeness (QED) is 0.578. The standard InChI is InChI=1S/C24H31NO6/c1-28-20-9-8-18(12-21(20)31-19-6-4-5-7-19)24(15-25)13-16(10-22(26)29-2)17(14-24)11-23(27)30-3/h8-9,12,16-17,19H,4-7,10-11,13-14H2,1-3H3. The van der Waals surface area contributed by atoms with E-state index in [2.05, 4.69) is 6.07 Å². The minimum atomic E-state index is -0.822. The summed E-state index contributed by atoms with van der Waals surface area (Å²) in [4.78, 5) is 24.0. The highest BCUT2D eigenvalue weighted by atomic mass is 16.5. The molecule has 31 heavy (non-hydrogen) atoms. The summed E-state index contributed by atoms with van der Waals surface area (Å²) >= 11 is 0. The normalized spacial score (nSPS) is 25.6. The van der Waals surface area contributed by atoms with E-state index >= 15 is 0 Å². The molecule has 168 valence electrons. The van der Waals surface area contributed by atoms with Gasteiger partial charge in [-0.25, -0.2) is 0 Å². The van der Waals surface area contributed by atoms with Crippen LogP contribution in [0, 0.1) is 23.2 Å². The molecule has 0 radical (unpaired) electrons. The van der Waals surface area contributed by atoms with E-state index in [9.17, 15) is 14.9 Å². The van der Waals surface area contributed by atoms with E-state index < -0.39 is 5.41 Å². The van der Waals surface area contributed by atoms with Crippen molar-refractivity contribution in [3.05, 3.63) is 23.8 Å². The van der Waals surface area contributed by atoms with E-state index in [1.807, 2.05) is 18.2 Å². The van der Waals surface area contributed by atoms with Crippen molar-refractivity contribution in [2.24, 2.45) is 11.8 Å². The summed E-state index contributed by atoms with van der Waals surface area (Å²) < 4.78 is 21.4. The summed E-state index contributed by atoms with van der Waals surface area (Å²) in [5.41, 5.74) is 0.00304. The third kappa shape index (κ3) is 5.12. The van der Waals surface area contributed by atoms with Crippen LogP contribution in [0.4, 0.5) is 0 Å². The van der Waals surface area contributed by atoms with Crippen LogP contribution in [0.15, 0.2) is 18.2 Å². The maximum atomic E-state index is 12.0. The Balaban J connectivity index is 1.91. The zero-order valence-electron chi connectivity index (χ0n) is 18.5. The van der Waals surface area contributed by atoms with Gasteiger partial charge in [-0.05, 0) is 68.1 Å². The molecule has 3 rings (SSSR count). The number of rotatable bonds is 8. The number of esters is 2. The Bertz CT molecular complexity index is 813. The molecule has 7 heteroatoms. The van der Waals surface area contributed by atoms with Gasteiger partial charge in [-0.1, -0.05) is 6.07 Å². The van der Waals surface area contributed by atoms with E-state index in [1.165, 1.54) is 14.2 Å². The number of nitrogens with zero attached hydrogens (tertiary/aromatic N) is 1. The van der Waals surface area contributed by atoms with Gasteiger partial charge in [0, 0.05) is 12.8 Å². The summed E-state index contributed by atoms with van der Waals surface area (Å²) in [6.07, 6.45) is 5.76. The molecule has 0 spiro atoms. The van der Waals surface area contributed by atoms with Crippen LogP contribution in [0.3, 0.4) is 0 Å². The van der Waals surface area contributed by atoms with Crippen molar-refractivity contribution in [2.75, 3.05) is 21.3 Å². The highest BCUT2D eigenvalue weighted by Gasteiger charge is 2.48. The van der Waals surface area contributed by atoms with Crippen LogP contribution in [0.1, 0.15) is 56.9 Å². The zero-order chi connectivity index (χ0) is 22.4. The van der Waals surface area contributed by atoms with Crippen LogP contribution in [0.2, 0.25) is 0 Å². The van der Waals surface area contributed by atoms with Crippen LogP contribution >= 0.6 is 0 Å². The molecule has 7 nitrogen and oxygen atoms in total. The van der Waals surface area contributed by atoms with Gasteiger partial charge in [0.05, 0.1) is 38.9 Å². The molecule has 2 unspecified atom stereocenters. The number of nitriles is 1. The lowest BCUT2D eigenvalue weighted by molar-refractivity contribution is -0.145. The lowest BCUT2D eigenvalue weighted by atomic mass is 9.79. The van der Waals surface area contributed by atoms with Crippen LogP contribution in [0.25, 0.3) is 0 Å². The first-order chi connectivity index (χ1) is 14.9. The predicted octanol–water partition coefficient (Wildman–Crippen LogP) is 3.93. The fourth-order valence-corrected chi connectivity index (χ4v) is 5.03. The maximum Gasteiger partial charge on any atom is 0.305 e. The predicted molar refractivity (Wildman–Crippen MR) is 113 cm³/mol. The molecule has 1 aromatic carbocycles. The molecule has 0 amide bonds. The highest BCUT2D eigenvalue weighted by molar-refractivity contribution is 5.71. The average molecular weight is 430 g/mol. The number of carbonyl (C=O) groups is 2. The fourth-order valence-electron chi connectivity index (χ4n) is 5.03. The number of carbonyl (C=O) groups excluding carboxylic acids is 2. The van der Waals surface area contributed by atoms with Crippen molar-refractivity contribution in [3.63, 3.8) is 0 Å². The minimum Gasteiger partial charge on any atom is -0.493 e. The summed E-state index contributed by atoms with van der Waals surface area (Å²) in [6, 6.07) is 8.12. The van der Waals surface area contributed by atoms with Gasteiger partial charge in [-0.15, -0.1) is 0 Å². The van der Waals surface area contributed by atoms with Gasteiger partial charge in [0.15, 0.2) is 11.5 Å². The van der Waals surface area contributed by atoms with Gasteiger partial charge in [0.2, 0.25) is 0 Å². The van der Waals surface area contributed by atoms with Gasteiger partial charge in [0.25, 0.3) is 0 Å². The van der Waals surface area contributed by atoms with Crippen molar-refractivity contribution >= 4 is 11.9 Å². The van der Waals surface area contributed by atoms with Gasteiger partial charge in [0.1, 0.15) is 0 Å². The highest BCUT2D eigenvalue weighted by Crippen LogP contribution is 2.51. The Labute approximate surface area is 183 Å². The van der Waals surface area contributed by atoms with Crippen molar-refractivity contribution in [3.8, 4) is 17.6 Å². The van der Waals surface area contributed by atoms with E-state index in [1.54, 1.807) is 7.11 Å². The molecule has 0 heterocycles. The van der Waals surface area contributed by atoms with Crippen LogP contribution in [-0.2, 0) is 24.5 Å². The van der Waals surface area contributed by atoms with Crippen LogP contribution < -0.4 is 9.47 Å². The van der Waals surface area contributed by atoms with Gasteiger partial charge < -0.3 is 18.9 Å². The van der Waals surface area contributed by atoms with Crippen molar-refractivity contribution in [1.29, 1.82) is 5.26 Å². The SMILES string of the molecule is COC(=O)CC1CC(C#N)(c2ccc(OC)c(OC3CCCC3)c2)CC1CC(=O)OC. The van der Waals surface area contributed by atoms with Crippen molar-refractivity contribution in [2.45, 2.75) is 62.9 Å². The molecule has 2 fully saturated rings. The van der Waals surface area contributed by atoms with E-state index in [0.717, 1.165) is 31.2 Å². The molecule has 0 aromatic heterocycles. The number of hydrogen-bond acceptors (Lipinski definition) is 7. The number of methoxy groups -OCH3 is 3. The molecule has 2 aliphatic carbocycles. The molecule has 0 aliphatic heterocycles. The third-order valence-electron chi connectivity index (χ3n) is 6.73. The average Bonchev–Trinajstić information content (AvgIpc) is 3.42. The lowest BCUT2D eigenvalue weighted by Crippen LogP contribution is -2.21. The largest absolute Gasteiger partial charge is 0.493 e. The Kier molecular flexibility index (Phi) is 7.42. The molecular weight excluding hydrogens is 398 g/mol. The van der Waals surface area contributed by atoms with Gasteiger partial charge in [-0.3, -0.25) is 9.59 Å². The summed E-state index contributed by atoms with van der Waals surface area (Å²) in [7, 11) is 4.30. The lowest BCUT2D eigenvalue weighted by Gasteiger charge is -2.24. The van der Waals surface area contributed by atoms with Gasteiger partial charge >= 0.3 is 11.9 Å². The number of benzene rings is 1. The first-order valence-electron chi connectivity index (χ1n) is 10.8.